The number of hydrogen-bond acceptors (Lipinski definition) is 2. The van der Waals surface area contributed by atoms with Crippen molar-refractivity contribution in [2.24, 2.45) is 15.8 Å². The molecular formula is C16H15ClI2N4. The summed E-state index contributed by atoms with van der Waals surface area (Å²) in [6, 6.07) is 13.9. The van der Waals surface area contributed by atoms with Crippen LogP contribution < -0.4 is 11.2 Å². The topological polar surface area (TPSA) is 62.8 Å². The number of hydrazone groups is 1. The number of aliphatic imine (C=N–C) groups is 1. The van der Waals surface area contributed by atoms with Gasteiger partial charge >= 0.3 is 0 Å². The molecule has 2 aromatic carbocycles. The first-order chi connectivity index (χ1) is 11.1. The van der Waals surface area contributed by atoms with E-state index in [-0.39, 0.29) is 0 Å². The molecule has 0 fully saturated rings. The molecule has 0 radical (unpaired) electrons. The van der Waals surface area contributed by atoms with Gasteiger partial charge in [0.25, 0.3) is 0 Å². The molecule has 0 atom stereocenters. The van der Waals surface area contributed by atoms with E-state index in [1.807, 2.05) is 42.5 Å². The highest BCUT2D eigenvalue weighted by molar-refractivity contribution is 14.1. The van der Waals surface area contributed by atoms with Crippen LogP contribution in [0, 0.1) is 7.14 Å². The number of halogens is 3. The molecule has 0 aliphatic carbocycles. The van der Waals surface area contributed by atoms with Crippen LogP contribution in [0.1, 0.15) is 11.1 Å². The predicted molar refractivity (Wildman–Crippen MR) is 114 cm³/mol. The first kappa shape index (κ1) is 18.5. The first-order valence-corrected chi connectivity index (χ1v) is 9.37. The normalized spacial score (nSPS) is 11.9. The number of nitrogens with one attached hydrogen (secondary N) is 1. The molecule has 0 bridgehead atoms. The van der Waals surface area contributed by atoms with Gasteiger partial charge in [0.05, 0.1) is 11.2 Å². The van der Waals surface area contributed by atoms with Gasteiger partial charge in [-0.05, 0) is 80.9 Å². The van der Waals surface area contributed by atoms with E-state index in [0.29, 0.717) is 12.5 Å². The summed E-state index contributed by atoms with van der Waals surface area (Å²) in [5.41, 5.74) is 10.7. The Hall–Kier alpha value is -0.870. The van der Waals surface area contributed by atoms with Crippen LogP contribution in [0.2, 0.25) is 5.02 Å². The van der Waals surface area contributed by atoms with Gasteiger partial charge in [0, 0.05) is 13.7 Å². The van der Waals surface area contributed by atoms with E-state index in [0.717, 1.165) is 29.7 Å². The van der Waals surface area contributed by atoms with E-state index in [4.69, 9.17) is 17.3 Å². The second-order valence-electron chi connectivity index (χ2n) is 4.65. The summed E-state index contributed by atoms with van der Waals surface area (Å²) in [6.45, 7) is 0.577. The van der Waals surface area contributed by atoms with Crippen molar-refractivity contribution in [2.45, 2.75) is 6.42 Å². The molecule has 7 heteroatoms. The zero-order chi connectivity index (χ0) is 16.7. The summed E-state index contributed by atoms with van der Waals surface area (Å²) in [4.78, 5) is 4.26. The molecule has 0 saturated heterocycles. The fraction of sp³-hybridized carbons (Fsp3) is 0.125. The van der Waals surface area contributed by atoms with Crippen molar-refractivity contribution >= 4 is 69.0 Å². The molecule has 0 unspecified atom stereocenters. The van der Waals surface area contributed by atoms with Crippen LogP contribution in [-0.2, 0) is 6.42 Å². The Kier molecular flexibility index (Phi) is 7.57. The standard InChI is InChI=1S/C16H15ClI2N4/c17-14-6-2-4-12(15(14)19)7-8-21-16(20)23-22-10-11-3-1-5-13(18)9-11/h1-6,9-10H,7-8H2,(H3,20,21,23). The van der Waals surface area contributed by atoms with Gasteiger partial charge < -0.3 is 5.73 Å². The van der Waals surface area contributed by atoms with Crippen LogP contribution in [-0.4, -0.2) is 18.7 Å². The number of benzene rings is 2. The lowest BCUT2D eigenvalue weighted by Gasteiger charge is -2.04. The zero-order valence-electron chi connectivity index (χ0n) is 12.1. The van der Waals surface area contributed by atoms with Crippen molar-refractivity contribution in [3.05, 3.63) is 65.8 Å². The molecule has 4 nitrogen and oxygen atoms in total. The fourth-order valence-corrected chi connectivity index (χ4v) is 3.22. The number of nitrogens with zero attached hydrogens (tertiary/aromatic N) is 2. The lowest BCUT2D eigenvalue weighted by molar-refractivity contribution is 0.922. The quantitative estimate of drug-likeness (QED) is 0.255. The molecule has 2 rings (SSSR count). The van der Waals surface area contributed by atoms with Crippen molar-refractivity contribution in [2.75, 3.05) is 6.54 Å². The van der Waals surface area contributed by atoms with Crippen molar-refractivity contribution in [3.8, 4) is 0 Å². The summed E-state index contributed by atoms with van der Waals surface area (Å²) in [6.07, 6.45) is 2.49. The minimum atomic E-state index is 0.295. The van der Waals surface area contributed by atoms with Crippen LogP contribution in [0.5, 0.6) is 0 Å². The highest BCUT2D eigenvalue weighted by Crippen LogP contribution is 2.22. The highest BCUT2D eigenvalue weighted by Gasteiger charge is 2.02. The second-order valence-corrected chi connectivity index (χ2v) is 7.39. The van der Waals surface area contributed by atoms with Gasteiger partial charge in [-0.2, -0.15) is 5.10 Å². The monoisotopic (exact) mass is 552 g/mol. The van der Waals surface area contributed by atoms with Crippen molar-refractivity contribution < 1.29 is 0 Å². The molecule has 0 heterocycles. The molecular weight excluding hydrogens is 537 g/mol. The van der Waals surface area contributed by atoms with Gasteiger partial charge in [0.15, 0.2) is 0 Å². The molecule has 0 amide bonds. The molecule has 0 saturated carbocycles. The summed E-state index contributed by atoms with van der Waals surface area (Å²) in [5.74, 6) is 0.295. The zero-order valence-corrected chi connectivity index (χ0v) is 17.2. The molecule has 23 heavy (non-hydrogen) atoms. The minimum Gasteiger partial charge on any atom is -0.369 e. The predicted octanol–water partition coefficient (Wildman–Crippen LogP) is 4.03. The lowest BCUT2D eigenvalue weighted by atomic mass is 10.1. The van der Waals surface area contributed by atoms with Crippen molar-refractivity contribution in [3.63, 3.8) is 0 Å². The molecule has 2 aromatic rings. The van der Waals surface area contributed by atoms with Crippen molar-refractivity contribution in [1.29, 1.82) is 0 Å². The van der Waals surface area contributed by atoms with E-state index in [2.05, 4.69) is 60.7 Å². The molecule has 0 aliphatic rings. The van der Waals surface area contributed by atoms with E-state index in [1.165, 1.54) is 0 Å². The SMILES string of the molecule is NC(=NCCc1cccc(Cl)c1I)NN=Cc1cccc(I)c1. The number of nitrogens with two attached hydrogens (primary N) is 1. The third-order valence-electron chi connectivity index (χ3n) is 2.94. The Balaban J connectivity index is 1.85. The number of guanidine groups is 1. The third-order valence-corrected chi connectivity index (χ3v) is 5.51. The van der Waals surface area contributed by atoms with Crippen LogP contribution in [0.4, 0.5) is 0 Å². The van der Waals surface area contributed by atoms with Gasteiger partial charge in [-0.1, -0.05) is 35.9 Å². The fourth-order valence-electron chi connectivity index (χ4n) is 1.83. The maximum atomic E-state index is 6.09. The minimum absolute atomic E-state index is 0.295. The lowest BCUT2D eigenvalue weighted by Crippen LogP contribution is -2.27. The maximum Gasteiger partial charge on any atom is 0.209 e. The Bertz CT molecular complexity index is 732. The largest absolute Gasteiger partial charge is 0.369 e. The van der Waals surface area contributed by atoms with Gasteiger partial charge in [-0.25, -0.2) is 5.43 Å². The Morgan fingerprint density at radius 1 is 1.22 bits per heavy atom. The Morgan fingerprint density at radius 3 is 2.78 bits per heavy atom. The molecule has 0 aliphatic heterocycles. The van der Waals surface area contributed by atoms with Gasteiger partial charge in [-0.3, -0.25) is 4.99 Å². The van der Waals surface area contributed by atoms with Crippen molar-refractivity contribution in [1.82, 2.24) is 5.43 Å². The average Bonchev–Trinajstić information content (AvgIpc) is 2.51. The van der Waals surface area contributed by atoms with Crippen LogP contribution in [0.25, 0.3) is 0 Å². The van der Waals surface area contributed by atoms with Crippen LogP contribution >= 0.6 is 56.8 Å². The first-order valence-electron chi connectivity index (χ1n) is 6.83. The summed E-state index contributed by atoms with van der Waals surface area (Å²) in [7, 11) is 0. The smallest absolute Gasteiger partial charge is 0.209 e. The third kappa shape index (κ3) is 6.27. The van der Waals surface area contributed by atoms with Gasteiger partial charge in [-0.15, -0.1) is 0 Å². The Labute approximate surface area is 167 Å². The van der Waals surface area contributed by atoms with Gasteiger partial charge in [0.2, 0.25) is 5.96 Å². The number of hydrogen-bond donors (Lipinski definition) is 2. The highest BCUT2D eigenvalue weighted by atomic mass is 127. The maximum absolute atomic E-state index is 6.09. The average molecular weight is 553 g/mol. The number of rotatable bonds is 5. The Morgan fingerprint density at radius 2 is 2.00 bits per heavy atom. The summed E-state index contributed by atoms with van der Waals surface area (Å²) in [5, 5.41) is 4.85. The van der Waals surface area contributed by atoms with Crippen LogP contribution in [0.15, 0.2) is 52.6 Å². The molecule has 0 spiro atoms. The summed E-state index contributed by atoms with van der Waals surface area (Å²) < 4.78 is 2.22. The molecule has 0 aromatic heterocycles. The summed E-state index contributed by atoms with van der Waals surface area (Å²) >= 11 is 10.6. The van der Waals surface area contributed by atoms with E-state index in [9.17, 15) is 0 Å². The molecule has 120 valence electrons. The van der Waals surface area contributed by atoms with Gasteiger partial charge in [0.1, 0.15) is 0 Å². The molecule has 3 N–H and O–H groups in total. The van der Waals surface area contributed by atoms with Crippen LogP contribution in [0.3, 0.4) is 0 Å². The van der Waals surface area contributed by atoms with E-state index in [1.54, 1.807) is 6.21 Å². The van der Waals surface area contributed by atoms with E-state index >= 15 is 0 Å². The van der Waals surface area contributed by atoms with E-state index < -0.39 is 0 Å². The second kappa shape index (κ2) is 9.43.